The van der Waals surface area contributed by atoms with Crippen molar-refractivity contribution in [3.8, 4) is 0 Å². The van der Waals surface area contributed by atoms with Crippen molar-refractivity contribution in [1.82, 2.24) is 9.97 Å². The van der Waals surface area contributed by atoms with Crippen molar-refractivity contribution in [3.63, 3.8) is 0 Å². The summed E-state index contributed by atoms with van der Waals surface area (Å²) in [5.41, 5.74) is 6.87. The summed E-state index contributed by atoms with van der Waals surface area (Å²) in [6.45, 7) is 2.29. The van der Waals surface area contributed by atoms with Crippen LogP contribution in [0.3, 0.4) is 0 Å². The van der Waals surface area contributed by atoms with Crippen LogP contribution in [-0.2, 0) is 11.2 Å². The van der Waals surface area contributed by atoms with Gasteiger partial charge in [0.2, 0.25) is 0 Å². The van der Waals surface area contributed by atoms with Crippen LogP contribution in [0.5, 0.6) is 0 Å². The normalized spacial score (nSPS) is 21.5. The minimum atomic E-state index is 0.628. The number of ether oxygens (including phenoxy) is 1. The van der Waals surface area contributed by atoms with E-state index in [9.17, 15) is 0 Å². The van der Waals surface area contributed by atoms with Crippen molar-refractivity contribution in [2.75, 3.05) is 7.11 Å². The Morgan fingerprint density at radius 1 is 1.25 bits per heavy atom. The molecule has 0 amide bonds. The molecule has 2 bridgehead atoms. The molecule has 4 heteroatoms. The van der Waals surface area contributed by atoms with Gasteiger partial charge < -0.3 is 14.7 Å². The molecule has 0 aromatic carbocycles. The highest BCUT2D eigenvalue weighted by Crippen LogP contribution is 2.34. The van der Waals surface area contributed by atoms with E-state index < -0.39 is 0 Å². The maximum atomic E-state index is 5.63. The monoisotopic (exact) mass is 377 g/mol. The number of fused-ring (bicyclic) bond motifs is 2. The highest BCUT2D eigenvalue weighted by atomic mass is 16.5. The lowest BCUT2D eigenvalue weighted by Crippen LogP contribution is -2.01. The molecule has 148 valence electrons. The Hall–Kier alpha value is -2.49. The first-order valence-electron chi connectivity index (χ1n) is 10.7. The summed E-state index contributed by atoms with van der Waals surface area (Å²) in [5.74, 6) is 1.45. The maximum absolute atomic E-state index is 5.63. The molecule has 2 aromatic rings. The number of H-pyrrole nitrogens is 2. The number of methoxy groups -OCH3 is 1. The van der Waals surface area contributed by atoms with Gasteiger partial charge >= 0.3 is 0 Å². The quantitative estimate of drug-likeness (QED) is 0.649. The summed E-state index contributed by atoms with van der Waals surface area (Å²) in [5, 5.41) is 0. The Kier molecular flexibility index (Phi) is 5.84. The van der Waals surface area contributed by atoms with Crippen molar-refractivity contribution in [2.24, 2.45) is 4.99 Å². The van der Waals surface area contributed by atoms with Crippen LogP contribution in [0.15, 0.2) is 46.9 Å². The van der Waals surface area contributed by atoms with E-state index in [1.54, 1.807) is 7.11 Å². The van der Waals surface area contributed by atoms with Crippen LogP contribution in [0.4, 0.5) is 0 Å². The fraction of sp³-hybridized carbons (Fsp3) is 0.458. The number of nitrogens with zero attached hydrogens (tertiary/aromatic N) is 1. The van der Waals surface area contributed by atoms with Crippen LogP contribution in [0.1, 0.15) is 80.4 Å². The average Bonchev–Trinajstić information content (AvgIpc) is 3.43. The van der Waals surface area contributed by atoms with Crippen molar-refractivity contribution >= 4 is 11.8 Å². The van der Waals surface area contributed by atoms with Gasteiger partial charge in [-0.1, -0.05) is 32.6 Å². The third-order valence-electron chi connectivity index (χ3n) is 5.90. The van der Waals surface area contributed by atoms with Crippen LogP contribution in [0.2, 0.25) is 0 Å². The molecule has 0 saturated heterocycles. The molecule has 4 rings (SSSR count). The van der Waals surface area contributed by atoms with E-state index in [4.69, 9.17) is 9.73 Å². The Morgan fingerprint density at radius 3 is 2.93 bits per heavy atom. The number of nitrogens with one attached hydrogen (secondary N) is 2. The fourth-order valence-corrected chi connectivity index (χ4v) is 4.45. The summed E-state index contributed by atoms with van der Waals surface area (Å²) in [4.78, 5) is 11.8. The third-order valence-corrected chi connectivity index (χ3v) is 5.90. The van der Waals surface area contributed by atoms with Crippen LogP contribution in [0.25, 0.3) is 6.08 Å². The first-order chi connectivity index (χ1) is 13.8. The zero-order chi connectivity index (χ0) is 19.3. The molecule has 0 unspecified atom stereocenters. The Morgan fingerprint density at radius 2 is 2.14 bits per heavy atom. The summed E-state index contributed by atoms with van der Waals surface area (Å²) in [7, 11) is 1.72. The van der Waals surface area contributed by atoms with Crippen molar-refractivity contribution in [1.29, 1.82) is 0 Å². The summed E-state index contributed by atoms with van der Waals surface area (Å²) < 4.78 is 5.63. The lowest BCUT2D eigenvalue weighted by molar-refractivity contribution is 0.303. The first kappa shape index (κ1) is 18.9. The molecule has 4 nitrogen and oxygen atoms in total. The lowest BCUT2D eigenvalue weighted by atomic mass is 9.88. The van der Waals surface area contributed by atoms with Gasteiger partial charge in [-0.05, 0) is 61.4 Å². The van der Waals surface area contributed by atoms with Gasteiger partial charge in [0.05, 0.1) is 18.5 Å². The molecular weight excluding hydrogens is 346 g/mol. The molecule has 2 aliphatic rings. The van der Waals surface area contributed by atoms with Gasteiger partial charge in [0.1, 0.15) is 11.5 Å². The molecule has 3 heterocycles. The number of hydrogen-bond donors (Lipinski definition) is 2. The SMILES string of the molecule is CCC[C@@H]1CCCCCCc2cc1c(C=C1N=C(c3ccc[nH]3)C=C1OC)[nH]2. The third kappa shape index (κ3) is 4.01. The fourth-order valence-electron chi connectivity index (χ4n) is 4.45. The minimum Gasteiger partial charge on any atom is -0.494 e. The summed E-state index contributed by atoms with van der Waals surface area (Å²) in [6, 6.07) is 6.45. The van der Waals surface area contributed by atoms with E-state index in [1.807, 2.05) is 24.4 Å². The topological polar surface area (TPSA) is 53.2 Å². The lowest BCUT2D eigenvalue weighted by Gasteiger charge is -2.17. The van der Waals surface area contributed by atoms with E-state index in [-0.39, 0.29) is 0 Å². The van der Waals surface area contributed by atoms with Gasteiger partial charge in [0.25, 0.3) is 0 Å². The van der Waals surface area contributed by atoms with Gasteiger partial charge in [-0.3, -0.25) is 0 Å². The van der Waals surface area contributed by atoms with E-state index in [2.05, 4.69) is 29.0 Å². The van der Waals surface area contributed by atoms with Gasteiger partial charge in [-0.2, -0.15) is 0 Å². The summed E-state index contributed by atoms with van der Waals surface area (Å²) in [6.07, 6.45) is 16.3. The Bertz CT molecular complexity index is 883. The highest BCUT2D eigenvalue weighted by Gasteiger charge is 2.21. The molecular formula is C24H31N3O. The standard InChI is InChI=1S/C24H31N3O/c1-3-9-17-10-6-4-5-7-11-18-14-19(17)21(26-18)15-23-24(28-2)16-22(27-23)20-12-8-13-25-20/h8,12-17,25-26H,3-7,9-11H2,1-2H3/t17-/m1/s1. The van der Waals surface area contributed by atoms with Crippen molar-refractivity contribution in [3.05, 3.63) is 64.6 Å². The molecule has 28 heavy (non-hydrogen) atoms. The average molecular weight is 378 g/mol. The number of hydrogen-bond acceptors (Lipinski definition) is 2. The molecule has 1 atom stereocenters. The largest absolute Gasteiger partial charge is 0.494 e. The van der Waals surface area contributed by atoms with Crippen molar-refractivity contribution < 1.29 is 4.74 Å². The predicted molar refractivity (Wildman–Crippen MR) is 116 cm³/mol. The van der Waals surface area contributed by atoms with Gasteiger partial charge in [0, 0.05) is 23.7 Å². The number of rotatable bonds is 5. The van der Waals surface area contributed by atoms with Gasteiger partial charge in [-0.25, -0.2) is 4.99 Å². The maximum Gasteiger partial charge on any atom is 0.146 e. The Labute approximate surface area is 167 Å². The summed E-state index contributed by atoms with van der Waals surface area (Å²) >= 11 is 0. The van der Waals surface area contributed by atoms with Crippen LogP contribution >= 0.6 is 0 Å². The van der Waals surface area contributed by atoms with Crippen molar-refractivity contribution in [2.45, 2.75) is 64.2 Å². The molecule has 2 aromatic heterocycles. The first-order valence-corrected chi connectivity index (χ1v) is 10.7. The molecule has 2 N–H and O–H groups in total. The van der Waals surface area contributed by atoms with Crippen LogP contribution in [0, 0.1) is 0 Å². The predicted octanol–water partition coefficient (Wildman–Crippen LogP) is 6.11. The number of aromatic nitrogens is 2. The zero-order valence-corrected chi connectivity index (χ0v) is 17.1. The highest BCUT2D eigenvalue weighted by molar-refractivity contribution is 6.11. The smallest absolute Gasteiger partial charge is 0.146 e. The number of allylic oxidation sites excluding steroid dienone is 1. The Balaban J connectivity index is 1.72. The van der Waals surface area contributed by atoms with Gasteiger partial charge in [-0.15, -0.1) is 0 Å². The second-order valence-electron chi connectivity index (χ2n) is 7.93. The number of aliphatic imine (C=N–C) groups is 1. The zero-order valence-electron chi connectivity index (χ0n) is 17.1. The van der Waals surface area contributed by atoms with Crippen LogP contribution < -0.4 is 0 Å². The minimum absolute atomic E-state index is 0.628. The molecule has 0 fully saturated rings. The second-order valence-corrected chi connectivity index (χ2v) is 7.93. The van der Waals surface area contributed by atoms with E-state index in [1.165, 1.54) is 61.9 Å². The molecule has 1 aliphatic carbocycles. The van der Waals surface area contributed by atoms with E-state index in [0.717, 1.165) is 29.3 Å². The van der Waals surface area contributed by atoms with E-state index >= 15 is 0 Å². The van der Waals surface area contributed by atoms with E-state index in [0.29, 0.717) is 5.92 Å². The number of aromatic amines is 2. The van der Waals surface area contributed by atoms with Gasteiger partial charge in [0.15, 0.2) is 0 Å². The molecule has 0 radical (unpaired) electrons. The number of aryl methyl sites for hydroxylation is 1. The molecule has 0 saturated carbocycles. The molecule has 0 spiro atoms. The second kappa shape index (κ2) is 8.68. The molecule has 1 aliphatic heterocycles. The van der Waals surface area contributed by atoms with Crippen LogP contribution in [-0.4, -0.2) is 22.8 Å².